The van der Waals surface area contributed by atoms with E-state index in [0.29, 0.717) is 29.9 Å². The standard InChI is InChI=1S/C25H36N8O3/c1-17(36-2)14-33(12-4-3-7-19-9-8-18-6-5-11-26-22(18)31-19)13-10-20(25(34)35)32-24-21-23(28-15-27-21)29-16-30-24/h8-9,15-17,20H,3-7,10-14H2,1-2H3,(H,26,31)(H,34,35)(H2,27,28,29,30,32)/t17-,20+/m1/s1. The molecule has 0 saturated carbocycles. The Bertz CT molecular complexity index is 1140. The van der Waals surface area contributed by atoms with E-state index < -0.39 is 12.0 Å². The van der Waals surface area contributed by atoms with Gasteiger partial charge in [-0.25, -0.2) is 24.7 Å². The van der Waals surface area contributed by atoms with Crippen LogP contribution >= 0.6 is 0 Å². The zero-order chi connectivity index (χ0) is 25.3. The van der Waals surface area contributed by atoms with Crippen molar-refractivity contribution in [1.82, 2.24) is 29.8 Å². The molecule has 0 amide bonds. The molecule has 194 valence electrons. The number of anilines is 2. The highest BCUT2D eigenvalue weighted by molar-refractivity contribution is 5.85. The molecular weight excluding hydrogens is 460 g/mol. The molecule has 11 heteroatoms. The number of unbranched alkanes of at least 4 members (excludes halogenated alkanes) is 1. The Hall–Kier alpha value is -3.31. The maximum atomic E-state index is 12.0. The number of nitrogens with zero attached hydrogens (tertiary/aromatic N) is 5. The lowest BCUT2D eigenvalue weighted by atomic mass is 10.1. The lowest BCUT2D eigenvalue weighted by molar-refractivity contribution is -0.138. The van der Waals surface area contributed by atoms with Crippen molar-refractivity contribution in [3.8, 4) is 0 Å². The van der Waals surface area contributed by atoms with E-state index in [4.69, 9.17) is 9.72 Å². The fourth-order valence-electron chi connectivity index (χ4n) is 4.49. The molecule has 0 aliphatic carbocycles. The quantitative estimate of drug-likeness (QED) is 0.246. The lowest BCUT2D eigenvalue weighted by Gasteiger charge is -2.26. The zero-order valence-corrected chi connectivity index (χ0v) is 21.0. The number of fused-ring (bicyclic) bond motifs is 2. The van der Waals surface area contributed by atoms with Crippen LogP contribution in [0.15, 0.2) is 24.8 Å². The molecule has 0 bridgehead atoms. The minimum Gasteiger partial charge on any atom is -0.480 e. The largest absolute Gasteiger partial charge is 0.480 e. The van der Waals surface area contributed by atoms with E-state index >= 15 is 0 Å². The highest BCUT2D eigenvalue weighted by atomic mass is 16.5. The van der Waals surface area contributed by atoms with E-state index in [9.17, 15) is 9.90 Å². The number of hydrogen-bond acceptors (Lipinski definition) is 9. The van der Waals surface area contributed by atoms with E-state index in [-0.39, 0.29) is 6.10 Å². The van der Waals surface area contributed by atoms with E-state index in [1.165, 1.54) is 18.2 Å². The van der Waals surface area contributed by atoms with Gasteiger partial charge in [0.15, 0.2) is 11.5 Å². The second-order valence-corrected chi connectivity index (χ2v) is 9.29. The van der Waals surface area contributed by atoms with Gasteiger partial charge < -0.3 is 30.4 Å². The summed E-state index contributed by atoms with van der Waals surface area (Å²) in [5, 5.41) is 16.3. The molecule has 11 nitrogen and oxygen atoms in total. The maximum Gasteiger partial charge on any atom is 0.326 e. The third-order valence-electron chi connectivity index (χ3n) is 6.59. The molecule has 4 rings (SSSR count). The van der Waals surface area contributed by atoms with Crippen molar-refractivity contribution in [1.29, 1.82) is 0 Å². The van der Waals surface area contributed by atoms with Crippen LogP contribution in [-0.4, -0.2) is 86.3 Å². The molecule has 1 aliphatic rings. The van der Waals surface area contributed by atoms with E-state index in [1.807, 2.05) is 6.92 Å². The predicted molar refractivity (Wildman–Crippen MR) is 138 cm³/mol. The summed E-state index contributed by atoms with van der Waals surface area (Å²) in [4.78, 5) is 34.5. The number of aliphatic carboxylic acids is 1. The Labute approximate surface area is 211 Å². The number of aryl methyl sites for hydroxylation is 2. The number of carboxylic acids is 1. The maximum absolute atomic E-state index is 12.0. The second kappa shape index (κ2) is 12.6. The molecule has 4 heterocycles. The van der Waals surface area contributed by atoms with Crippen molar-refractivity contribution in [2.75, 3.05) is 43.9 Å². The Morgan fingerprint density at radius 2 is 2.14 bits per heavy atom. The summed E-state index contributed by atoms with van der Waals surface area (Å²) in [6.07, 6.45) is 8.57. The summed E-state index contributed by atoms with van der Waals surface area (Å²) >= 11 is 0. The molecule has 0 saturated heterocycles. The summed E-state index contributed by atoms with van der Waals surface area (Å²) in [5.74, 6) is 0.527. The molecule has 2 atom stereocenters. The van der Waals surface area contributed by atoms with Crippen molar-refractivity contribution in [2.45, 2.75) is 57.6 Å². The first kappa shape index (κ1) is 25.8. The minimum absolute atomic E-state index is 0.0557. The van der Waals surface area contributed by atoms with Crippen LogP contribution in [0.5, 0.6) is 0 Å². The predicted octanol–water partition coefficient (Wildman–Crippen LogP) is 2.72. The van der Waals surface area contributed by atoms with E-state index in [0.717, 1.165) is 63.3 Å². The number of H-pyrrole nitrogens is 1. The van der Waals surface area contributed by atoms with Gasteiger partial charge in [0.2, 0.25) is 0 Å². The first-order valence-electron chi connectivity index (χ1n) is 12.6. The summed E-state index contributed by atoms with van der Waals surface area (Å²) in [6.45, 7) is 5.24. The number of nitrogens with one attached hydrogen (secondary N) is 3. The smallest absolute Gasteiger partial charge is 0.326 e. The molecule has 3 aromatic heterocycles. The third-order valence-corrected chi connectivity index (χ3v) is 6.59. The summed E-state index contributed by atoms with van der Waals surface area (Å²) in [5.41, 5.74) is 3.52. The molecule has 1 aliphatic heterocycles. The number of methoxy groups -OCH3 is 1. The number of aromatic amines is 1. The van der Waals surface area contributed by atoms with Crippen LogP contribution in [0.25, 0.3) is 11.2 Å². The molecule has 4 N–H and O–H groups in total. The number of carboxylic acid groups (broad SMARTS) is 1. The van der Waals surface area contributed by atoms with Crippen molar-refractivity contribution >= 4 is 28.8 Å². The van der Waals surface area contributed by atoms with E-state index in [2.05, 4.69) is 47.6 Å². The first-order chi connectivity index (χ1) is 17.5. The molecule has 0 spiro atoms. The van der Waals surface area contributed by atoms with Gasteiger partial charge in [-0.15, -0.1) is 0 Å². The first-order valence-corrected chi connectivity index (χ1v) is 12.6. The molecule has 0 unspecified atom stereocenters. The summed E-state index contributed by atoms with van der Waals surface area (Å²) < 4.78 is 5.48. The Morgan fingerprint density at radius 3 is 2.97 bits per heavy atom. The van der Waals surface area contributed by atoms with Crippen LogP contribution in [-0.2, 0) is 22.4 Å². The lowest BCUT2D eigenvalue weighted by Crippen LogP contribution is -2.38. The number of carbonyl (C=O) groups is 1. The van der Waals surface area contributed by atoms with Crippen LogP contribution in [0, 0.1) is 0 Å². The average Bonchev–Trinajstić information content (AvgIpc) is 3.38. The number of hydrogen-bond donors (Lipinski definition) is 4. The number of rotatable bonds is 14. The van der Waals surface area contributed by atoms with Gasteiger partial charge in [-0.1, -0.05) is 6.07 Å². The monoisotopic (exact) mass is 496 g/mol. The summed E-state index contributed by atoms with van der Waals surface area (Å²) in [7, 11) is 1.70. The number of ether oxygens (including phenoxy) is 1. The van der Waals surface area contributed by atoms with E-state index in [1.54, 1.807) is 7.11 Å². The van der Waals surface area contributed by atoms with Gasteiger partial charge in [0, 0.05) is 32.4 Å². The van der Waals surface area contributed by atoms with Crippen molar-refractivity contribution in [3.05, 3.63) is 36.0 Å². The normalized spacial score (nSPS) is 14.9. The Morgan fingerprint density at radius 1 is 1.25 bits per heavy atom. The molecular formula is C25H36N8O3. The van der Waals surface area contributed by atoms with Gasteiger partial charge in [0.25, 0.3) is 0 Å². The molecule has 36 heavy (non-hydrogen) atoms. The van der Waals surface area contributed by atoms with Crippen molar-refractivity contribution < 1.29 is 14.6 Å². The third kappa shape index (κ3) is 6.88. The van der Waals surface area contributed by atoms with Crippen molar-refractivity contribution in [3.63, 3.8) is 0 Å². The SMILES string of the molecule is CO[C@H](C)CN(CCCCc1ccc2c(n1)NCCC2)CC[C@H](Nc1ncnc2[nH]cnc12)C(=O)O. The minimum atomic E-state index is -0.927. The Kier molecular flexibility index (Phi) is 9.01. The summed E-state index contributed by atoms with van der Waals surface area (Å²) in [6, 6.07) is 3.54. The number of imidazole rings is 1. The van der Waals surface area contributed by atoms with Crippen LogP contribution in [0.4, 0.5) is 11.6 Å². The zero-order valence-electron chi connectivity index (χ0n) is 21.0. The van der Waals surface area contributed by atoms with Crippen LogP contribution in [0.1, 0.15) is 43.9 Å². The van der Waals surface area contributed by atoms with Gasteiger partial charge in [-0.3, -0.25) is 0 Å². The van der Waals surface area contributed by atoms with Gasteiger partial charge in [0.1, 0.15) is 23.7 Å². The molecule has 0 aromatic carbocycles. The molecule has 0 radical (unpaired) electrons. The Balaban J connectivity index is 1.30. The molecule has 0 fully saturated rings. The average molecular weight is 497 g/mol. The van der Waals surface area contributed by atoms with Crippen LogP contribution in [0.3, 0.4) is 0 Å². The van der Waals surface area contributed by atoms with Gasteiger partial charge in [-0.05, 0) is 63.6 Å². The van der Waals surface area contributed by atoms with Gasteiger partial charge in [0.05, 0.1) is 12.4 Å². The fourth-order valence-corrected chi connectivity index (χ4v) is 4.49. The van der Waals surface area contributed by atoms with Crippen molar-refractivity contribution in [2.24, 2.45) is 0 Å². The molecule has 3 aromatic rings. The highest BCUT2D eigenvalue weighted by Gasteiger charge is 2.21. The topological polar surface area (TPSA) is 141 Å². The number of aromatic nitrogens is 5. The highest BCUT2D eigenvalue weighted by Crippen LogP contribution is 2.20. The fraction of sp³-hybridized carbons (Fsp3) is 0.560. The van der Waals surface area contributed by atoms with Crippen LogP contribution < -0.4 is 10.6 Å². The number of pyridine rings is 1. The van der Waals surface area contributed by atoms with Gasteiger partial charge in [-0.2, -0.15) is 0 Å². The van der Waals surface area contributed by atoms with Crippen LogP contribution in [0.2, 0.25) is 0 Å². The van der Waals surface area contributed by atoms with Gasteiger partial charge >= 0.3 is 5.97 Å². The second-order valence-electron chi connectivity index (χ2n) is 9.29.